The van der Waals surface area contributed by atoms with Gasteiger partial charge in [0.15, 0.2) is 0 Å². The summed E-state index contributed by atoms with van der Waals surface area (Å²) in [5.74, 6) is 0. The highest BCUT2D eigenvalue weighted by molar-refractivity contribution is 9.10. The fraction of sp³-hybridized carbons (Fsp3) is 0.267. The summed E-state index contributed by atoms with van der Waals surface area (Å²) in [5, 5.41) is 1.24. The van der Waals surface area contributed by atoms with E-state index in [-0.39, 0.29) is 11.3 Å². The molecule has 0 amide bonds. The van der Waals surface area contributed by atoms with E-state index in [2.05, 4.69) is 52.1 Å². The summed E-state index contributed by atoms with van der Waals surface area (Å²) in [7, 11) is 0. The van der Waals surface area contributed by atoms with Gasteiger partial charge in [0.05, 0.1) is 10.3 Å². The van der Waals surface area contributed by atoms with Gasteiger partial charge in [-0.25, -0.2) is 4.98 Å². The second kappa shape index (κ2) is 7.08. The van der Waals surface area contributed by atoms with Crippen molar-refractivity contribution in [1.29, 1.82) is 0 Å². The molecular formula is C15H17BrN2S. The number of halogens is 1. The third-order valence-electron chi connectivity index (χ3n) is 2.94. The monoisotopic (exact) mass is 336 g/mol. The minimum Gasteiger partial charge on any atom is -0.326 e. The van der Waals surface area contributed by atoms with Crippen molar-refractivity contribution in [3.63, 3.8) is 0 Å². The number of nitrogens with two attached hydrogens (primary N) is 1. The smallest absolute Gasteiger partial charge is 0.0966 e. The van der Waals surface area contributed by atoms with Crippen molar-refractivity contribution in [2.45, 2.75) is 29.7 Å². The maximum atomic E-state index is 6.27. The Balaban J connectivity index is 2.23. The van der Waals surface area contributed by atoms with Gasteiger partial charge in [-0.05, 0) is 36.2 Å². The van der Waals surface area contributed by atoms with E-state index in [9.17, 15) is 0 Å². The Hall–Kier alpha value is -0.840. The molecule has 0 fully saturated rings. The number of nitrogens with zero attached hydrogens (tertiary/aromatic N) is 1. The lowest BCUT2D eigenvalue weighted by Crippen LogP contribution is -2.25. The van der Waals surface area contributed by atoms with Crippen LogP contribution in [0.25, 0.3) is 0 Å². The second-order valence-corrected chi connectivity index (χ2v) is 6.41. The molecule has 4 heteroatoms. The number of rotatable bonds is 5. The largest absolute Gasteiger partial charge is 0.326 e. The maximum absolute atomic E-state index is 6.27. The van der Waals surface area contributed by atoms with Gasteiger partial charge >= 0.3 is 0 Å². The molecule has 2 aromatic rings. The quantitative estimate of drug-likeness (QED) is 0.821. The molecule has 0 aliphatic heterocycles. The summed E-state index contributed by atoms with van der Waals surface area (Å²) >= 11 is 5.19. The first-order valence-corrected chi connectivity index (χ1v) is 7.96. The summed E-state index contributed by atoms with van der Waals surface area (Å²) in [6, 6.07) is 14.4. The van der Waals surface area contributed by atoms with Crippen molar-refractivity contribution in [3.05, 3.63) is 58.7 Å². The maximum Gasteiger partial charge on any atom is 0.0966 e. The fourth-order valence-electron chi connectivity index (χ4n) is 1.82. The lowest BCUT2D eigenvalue weighted by atomic mass is 10.0. The van der Waals surface area contributed by atoms with Gasteiger partial charge in [0.25, 0.3) is 0 Å². The molecule has 0 bridgehead atoms. The number of hydrogen-bond donors (Lipinski definition) is 1. The van der Waals surface area contributed by atoms with Gasteiger partial charge in [0.2, 0.25) is 0 Å². The molecule has 0 saturated heterocycles. The van der Waals surface area contributed by atoms with E-state index in [1.54, 1.807) is 11.8 Å². The SMILES string of the molecule is CCC(N)C(Sc1ccccn1)c1ccc(Br)cc1. The van der Waals surface area contributed by atoms with Crippen molar-refractivity contribution >= 4 is 27.7 Å². The van der Waals surface area contributed by atoms with Gasteiger partial charge in [-0.15, -0.1) is 0 Å². The van der Waals surface area contributed by atoms with Crippen LogP contribution in [-0.2, 0) is 0 Å². The minimum absolute atomic E-state index is 0.119. The van der Waals surface area contributed by atoms with Gasteiger partial charge in [-0.1, -0.05) is 52.8 Å². The molecule has 2 unspecified atom stereocenters. The lowest BCUT2D eigenvalue weighted by Gasteiger charge is -2.22. The molecule has 1 aromatic heterocycles. The summed E-state index contributed by atoms with van der Waals surface area (Å²) in [5.41, 5.74) is 7.52. The highest BCUT2D eigenvalue weighted by Crippen LogP contribution is 2.37. The first kappa shape index (κ1) is 14.6. The highest BCUT2D eigenvalue weighted by atomic mass is 79.9. The van der Waals surface area contributed by atoms with Crippen LogP contribution in [-0.4, -0.2) is 11.0 Å². The summed E-state index contributed by atoms with van der Waals surface area (Å²) in [6.07, 6.45) is 2.76. The Morgan fingerprint density at radius 2 is 1.95 bits per heavy atom. The van der Waals surface area contributed by atoms with E-state index in [0.29, 0.717) is 0 Å². The average Bonchev–Trinajstić information content (AvgIpc) is 2.46. The molecule has 2 rings (SSSR count). The number of thioether (sulfide) groups is 1. The first-order valence-electron chi connectivity index (χ1n) is 6.29. The van der Waals surface area contributed by atoms with Crippen LogP contribution >= 0.6 is 27.7 Å². The van der Waals surface area contributed by atoms with Crippen LogP contribution in [0.1, 0.15) is 24.2 Å². The van der Waals surface area contributed by atoms with Gasteiger partial charge in [-0.3, -0.25) is 0 Å². The molecule has 0 radical (unpaired) electrons. The molecule has 100 valence electrons. The number of aromatic nitrogens is 1. The Labute approximate surface area is 126 Å². The van der Waals surface area contributed by atoms with E-state index >= 15 is 0 Å². The zero-order chi connectivity index (χ0) is 13.7. The van der Waals surface area contributed by atoms with Crippen LogP contribution in [0.2, 0.25) is 0 Å². The second-order valence-electron chi connectivity index (χ2n) is 4.33. The standard InChI is InChI=1S/C15H17BrN2S/c1-2-13(17)15(11-6-8-12(16)9-7-11)19-14-5-3-4-10-18-14/h3-10,13,15H,2,17H2,1H3. The predicted octanol–water partition coefficient (Wildman–Crippen LogP) is 4.41. The third-order valence-corrected chi connectivity index (χ3v) is 4.83. The van der Waals surface area contributed by atoms with Crippen LogP contribution in [0.3, 0.4) is 0 Å². The zero-order valence-electron chi connectivity index (χ0n) is 10.8. The van der Waals surface area contributed by atoms with Crippen molar-refractivity contribution in [2.24, 2.45) is 5.73 Å². The van der Waals surface area contributed by atoms with E-state index in [4.69, 9.17) is 5.73 Å². The van der Waals surface area contributed by atoms with E-state index in [1.165, 1.54) is 5.56 Å². The lowest BCUT2D eigenvalue weighted by molar-refractivity contribution is 0.633. The van der Waals surface area contributed by atoms with Crippen LogP contribution in [0.4, 0.5) is 0 Å². The molecular weight excluding hydrogens is 320 g/mol. The van der Waals surface area contributed by atoms with Crippen molar-refractivity contribution in [1.82, 2.24) is 4.98 Å². The summed E-state index contributed by atoms with van der Waals surface area (Å²) in [4.78, 5) is 4.38. The Kier molecular flexibility index (Phi) is 5.43. The number of pyridine rings is 1. The molecule has 0 aliphatic carbocycles. The van der Waals surface area contributed by atoms with E-state index in [1.807, 2.05) is 24.4 Å². The number of benzene rings is 1. The van der Waals surface area contributed by atoms with Gasteiger partial charge < -0.3 is 5.73 Å². The Morgan fingerprint density at radius 1 is 1.21 bits per heavy atom. The molecule has 2 N–H and O–H groups in total. The fourth-order valence-corrected chi connectivity index (χ4v) is 3.28. The Bertz CT molecular complexity index is 501. The molecule has 2 nitrogen and oxygen atoms in total. The van der Waals surface area contributed by atoms with Crippen molar-refractivity contribution in [2.75, 3.05) is 0 Å². The molecule has 0 aliphatic rings. The molecule has 0 saturated carbocycles. The van der Waals surface area contributed by atoms with Crippen LogP contribution in [0, 0.1) is 0 Å². The van der Waals surface area contributed by atoms with Crippen LogP contribution < -0.4 is 5.73 Å². The van der Waals surface area contributed by atoms with Gasteiger partial charge in [0, 0.05) is 16.7 Å². The highest BCUT2D eigenvalue weighted by Gasteiger charge is 2.20. The first-order chi connectivity index (χ1) is 9.20. The van der Waals surface area contributed by atoms with E-state index < -0.39 is 0 Å². The third kappa shape index (κ3) is 4.06. The van der Waals surface area contributed by atoms with Crippen molar-refractivity contribution < 1.29 is 0 Å². The van der Waals surface area contributed by atoms with Gasteiger partial charge in [-0.2, -0.15) is 0 Å². The van der Waals surface area contributed by atoms with E-state index in [0.717, 1.165) is 15.9 Å². The van der Waals surface area contributed by atoms with Crippen molar-refractivity contribution in [3.8, 4) is 0 Å². The average molecular weight is 337 g/mol. The zero-order valence-corrected chi connectivity index (χ0v) is 13.2. The molecule has 2 atom stereocenters. The minimum atomic E-state index is 0.119. The predicted molar refractivity (Wildman–Crippen MR) is 85.2 cm³/mol. The molecule has 0 spiro atoms. The molecule has 19 heavy (non-hydrogen) atoms. The topological polar surface area (TPSA) is 38.9 Å². The Morgan fingerprint density at radius 3 is 2.53 bits per heavy atom. The normalized spacial score (nSPS) is 14.1. The van der Waals surface area contributed by atoms with Crippen LogP contribution in [0.5, 0.6) is 0 Å². The molecule has 1 aromatic carbocycles. The van der Waals surface area contributed by atoms with Crippen LogP contribution in [0.15, 0.2) is 58.2 Å². The summed E-state index contributed by atoms with van der Waals surface area (Å²) in [6.45, 7) is 2.12. The summed E-state index contributed by atoms with van der Waals surface area (Å²) < 4.78 is 1.09. The number of hydrogen-bond acceptors (Lipinski definition) is 3. The molecule has 1 heterocycles. The van der Waals surface area contributed by atoms with Gasteiger partial charge in [0.1, 0.15) is 0 Å².